The third-order valence-electron chi connectivity index (χ3n) is 11.5. The smallest absolute Gasteiger partial charge is 0.306 e. The van der Waals surface area contributed by atoms with Gasteiger partial charge in [-0.2, -0.15) is 8.42 Å². The van der Waals surface area contributed by atoms with E-state index in [1.54, 1.807) is 0 Å². The van der Waals surface area contributed by atoms with Crippen LogP contribution in [0.25, 0.3) is 0 Å². The maximum atomic E-state index is 12.8. The Morgan fingerprint density at radius 1 is 0.532 bits per heavy atom. The number of unbranched alkanes of at least 4 members (excludes halogenated alkanes) is 26. The summed E-state index contributed by atoms with van der Waals surface area (Å²) in [5, 5.41) is 30.9. The van der Waals surface area contributed by atoms with Gasteiger partial charge >= 0.3 is 11.9 Å². The van der Waals surface area contributed by atoms with Crippen LogP contribution in [0, 0.1) is 0 Å². The van der Waals surface area contributed by atoms with Gasteiger partial charge in [-0.15, -0.1) is 0 Å². The summed E-state index contributed by atoms with van der Waals surface area (Å²) in [5.41, 5.74) is 0. The van der Waals surface area contributed by atoms with E-state index in [9.17, 15) is 37.9 Å². The van der Waals surface area contributed by atoms with Crippen LogP contribution in [-0.2, 0) is 38.7 Å². The number of aliphatic hydroxyl groups is 3. The van der Waals surface area contributed by atoms with E-state index in [0.717, 1.165) is 32.1 Å². The molecule has 364 valence electrons. The molecule has 0 aromatic carbocycles. The molecular formula is C49H90O12S. The summed E-state index contributed by atoms with van der Waals surface area (Å²) < 4.78 is 54.1. The first-order chi connectivity index (χ1) is 30.0. The molecular weight excluding hydrogens is 813 g/mol. The lowest BCUT2D eigenvalue weighted by atomic mass is 10.00. The van der Waals surface area contributed by atoms with E-state index in [1.165, 1.54) is 148 Å². The minimum Gasteiger partial charge on any atom is -0.462 e. The van der Waals surface area contributed by atoms with Gasteiger partial charge in [-0.25, -0.2) is 0 Å². The third-order valence-corrected chi connectivity index (χ3v) is 12.3. The van der Waals surface area contributed by atoms with Crippen molar-refractivity contribution in [3.8, 4) is 0 Å². The number of carbonyl (C=O) groups excluding carboxylic acids is 2. The predicted octanol–water partition coefficient (Wildman–Crippen LogP) is 10.8. The Labute approximate surface area is 377 Å². The van der Waals surface area contributed by atoms with Gasteiger partial charge in [0.2, 0.25) is 0 Å². The molecule has 0 bridgehead atoms. The molecule has 0 amide bonds. The molecule has 6 atom stereocenters. The van der Waals surface area contributed by atoms with Crippen molar-refractivity contribution >= 4 is 22.1 Å². The van der Waals surface area contributed by atoms with Gasteiger partial charge in [0.15, 0.2) is 12.4 Å². The van der Waals surface area contributed by atoms with Crippen LogP contribution in [-0.4, -0.2) is 96.0 Å². The van der Waals surface area contributed by atoms with Gasteiger partial charge in [0.1, 0.15) is 36.8 Å². The SMILES string of the molecule is CCCCCCCC/C=C/CCCCCCCCCCCC(=O)O[C@H](COC(=O)CC/C=C/CCCCCCCCCCCCC)CO[C@H]1O[C@H](CS(=O)(=O)O)[C@@H](O)C(O)C1O. The third kappa shape index (κ3) is 33.6. The second-order valence-corrected chi connectivity index (χ2v) is 19.0. The zero-order valence-electron chi connectivity index (χ0n) is 39.0. The van der Waals surface area contributed by atoms with E-state index in [4.69, 9.17) is 18.9 Å². The number of allylic oxidation sites excluding steroid dienone is 4. The van der Waals surface area contributed by atoms with Crippen LogP contribution in [0.4, 0.5) is 0 Å². The molecule has 1 heterocycles. The van der Waals surface area contributed by atoms with Crippen molar-refractivity contribution in [2.24, 2.45) is 0 Å². The maximum absolute atomic E-state index is 12.8. The lowest BCUT2D eigenvalue weighted by molar-refractivity contribution is -0.297. The van der Waals surface area contributed by atoms with Crippen molar-refractivity contribution in [2.45, 2.75) is 256 Å². The van der Waals surface area contributed by atoms with Crippen LogP contribution < -0.4 is 0 Å². The fraction of sp³-hybridized carbons (Fsp3) is 0.878. The predicted molar refractivity (Wildman–Crippen MR) is 247 cm³/mol. The van der Waals surface area contributed by atoms with E-state index in [0.29, 0.717) is 12.8 Å². The molecule has 2 unspecified atom stereocenters. The van der Waals surface area contributed by atoms with Gasteiger partial charge in [-0.05, 0) is 51.4 Å². The Morgan fingerprint density at radius 3 is 1.40 bits per heavy atom. The second-order valence-electron chi connectivity index (χ2n) is 17.5. The number of hydrogen-bond donors (Lipinski definition) is 4. The molecule has 0 aliphatic carbocycles. The first-order valence-corrected chi connectivity index (χ1v) is 26.5. The van der Waals surface area contributed by atoms with Crippen LogP contribution in [0.2, 0.25) is 0 Å². The molecule has 1 saturated heterocycles. The molecule has 0 radical (unpaired) electrons. The number of hydrogen-bond acceptors (Lipinski definition) is 11. The number of esters is 2. The summed E-state index contributed by atoms with van der Waals surface area (Å²) in [5.74, 6) is -2.04. The van der Waals surface area contributed by atoms with Gasteiger partial charge in [-0.1, -0.05) is 179 Å². The van der Waals surface area contributed by atoms with Crippen LogP contribution in [0.3, 0.4) is 0 Å². The number of rotatable bonds is 42. The molecule has 0 aromatic rings. The molecule has 62 heavy (non-hydrogen) atoms. The first kappa shape index (κ1) is 58.1. The van der Waals surface area contributed by atoms with Gasteiger partial charge in [0.05, 0.1) is 6.61 Å². The highest BCUT2D eigenvalue weighted by atomic mass is 32.2. The zero-order valence-corrected chi connectivity index (χ0v) is 39.8. The topological polar surface area (TPSA) is 186 Å². The van der Waals surface area contributed by atoms with Crippen molar-refractivity contribution < 1.29 is 56.8 Å². The summed E-state index contributed by atoms with van der Waals surface area (Å²) in [7, 11) is -4.61. The standard InChI is InChI=1S/C49H90O12S/c1-3-5-7-9-11-13-15-17-19-20-21-22-24-26-28-30-32-34-36-38-45(51)60-42(40-59-49-48(54)47(53)46(52)43(61-49)41-62(55,56)57)39-58-44(50)37-35-33-31-29-27-25-23-18-16-14-12-10-8-6-4-2/h17,19,31,33,42-43,46-49,52-54H,3-16,18,20-30,32,34-41H2,1-2H3,(H,55,56,57)/b19-17+,33-31+/t42-,43-,46-,47?,48?,49+/m1/s1. The summed E-state index contributed by atoms with van der Waals surface area (Å²) in [4.78, 5) is 25.4. The quantitative estimate of drug-likeness (QED) is 0.0197. The van der Waals surface area contributed by atoms with Crippen molar-refractivity contribution in [1.29, 1.82) is 0 Å². The normalized spacial score (nSPS) is 20.0. The lowest BCUT2D eigenvalue weighted by Crippen LogP contribution is -2.60. The average molecular weight is 903 g/mol. The highest BCUT2D eigenvalue weighted by molar-refractivity contribution is 7.85. The fourth-order valence-corrected chi connectivity index (χ4v) is 8.32. The number of aliphatic hydroxyl groups excluding tert-OH is 3. The van der Waals surface area contributed by atoms with Crippen LogP contribution in [0.15, 0.2) is 24.3 Å². The minimum absolute atomic E-state index is 0.138. The Kier molecular flexibility index (Phi) is 37.0. The van der Waals surface area contributed by atoms with Gasteiger partial charge in [-0.3, -0.25) is 14.1 Å². The molecule has 0 spiro atoms. The molecule has 1 fully saturated rings. The summed E-state index contributed by atoms with van der Waals surface area (Å²) >= 11 is 0. The van der Waals surface area contributed by atoms with Crippen LogP contribution in [0.5, 0.6) is 0 Å². The zero-order chi connectivity index (χ0) is 45.5. The molecule has 1 rings (SSSR count). The largest absolute Gasteiger partial charge is 0.462 e. The van der Waals surface area contributed by atoms with Gasteiger partial charge in [0, 0.05) is 12.8 Å². The second kappa shape index (κ2) is 39.5. The Hall–Kier alpha value is -1.87. The highest BCUT2D eigenvalue weighted by Gasteiger charge is 2.46. The summed E-state index contributed by atoms with van der Waals surface area (Å²) in [6, 6.07) is 0. The van der Waals surface area contributed by atoms with Crippen LogP contribution in [0.1, 0.15) is 219 Å². The molecule has 4 N–H and O–H groups in total. The molecule has 12 nitrogen and oxygen atoms in total. The molecule has 1 aliphatic rings. The molecule has 13 heteroatoms. The van der Waals surface area contributed by atoms with Crippen molar-refractivity contribution in [3.05, 3.63) is 24.3 Å². The number of carbonyl (C=O) groups is 2. The molecule has 0 aromatic heterocycles. The van der Waals surface area contributed by atoms with Crippen molar-refractivity contribution in [3.63, 3.8) is 0 Å². The van der Waals surface area contributed by atoms with Gasteiger partial charge in [0.25, 0.3) is 10.1 Å². The average Bonchev–Trinajstić information content (AvgIpc) is 3.24. The summed E-state index contributed by atoms with van der Waals surface area (Å²) in [6.07, 6.45) is 35.2. The lowest BCUT2D eigenvalue weighted by Gasteiger charge is -2.40. The van der Waals surface area contributed by atoms with Crippen molar-refractivity contribution in [2.75, 3.05) is 19.0 Å². The Morgan fingerprint density at radius 2 is 0.952 bits per heavy atom. The van der Waals surface area contributed by atoms with E-state index in [2.05, 4.69) is 32.1 Å². The minimum atomic E-state index is -4.61. The van der Waals surface area contributed by atoms with E-state index < -0.39 is 71.2 Å². The molecule has 1 aliphatic heterocycles. The first-order valence-electron chi connectivity index (χ1n) is 24.9. The van der Waals surface area contributed by atoms with E-state index in [1.807, 2.05) is 6.08 Å². The fourth-order valence-electron chi connectivity index (χ4n) is 7.63. The van der Waals surface area contributed by atoms with Gasteiger partial charge < -0.3 is 34.3 Å². The number of ether oxygens (including phenoxy) is 4. The highest BCUT2D eigenvalue weighted by Crippen LogP contribution is 2.24. The summed E-state index contributed by atoms with van der Waals surface area (Å²) in [6.45, 7) is 3.75. The van der Waals surface area contributed by atoms with E-state index in [-0.39, 0.29) is 19.4 Å². The monoisotopic (exact) mass is 903 g/mol. The van der Waals surface area contributed by atoms with Crippen molar-refractivity contribution in [1.82, 2.24) is 0 Å². The molecule has 0 saturated carbocycles. The Balaban J connectivity index is 2.41. The van der Waals surface area contributed by atoms with Crippen LogP contribution >= 0.6 is 0 Å². The van der Waals surface area contributed by atoms with E-state index >= 15 is 0 Å². The maximum Gasteiger partial charge on any atom is 0.306 e. The Bertz CT molecular complexity index is 1240.